The monoisotopic (exact) mass is 153 g/mol. The summed E-state index contributed by atoms with van der Waals surface area (Å²) in [6.07, 6.45) is 3.88. The van der Waals surface area contributed by atoms with Crippen LogP contribution in [0.15, 0.2) is 6.07 Å². The molecule has 0 aliphatic heterocycles. The molecule has 54 valence electrons. The van der Waals surface area contributed by atoms with E-state index < -0.39 is 0 Å². The molecule has 1 fully saturated rings. The molecule has 10 heavy (non-hydrogen) atoms. The highest BCUT2D eigenvalue weighted by Gasteiger charge is 2.25. The van der Waals surface area contributed by atoms with E-state index in [9.17, 15) is 0 Å². The SMILES string of the molecule is CCc1cc(C2CC2)ns1. The summed E-state index contributed by atoms with van der Waals surface area (Å²) < 4.78 is 4.39. The van der Waals surface area contributed by atoms with Crippen LogP contribution in [-0.2, 0) is 6.42 Å². The molecule has 1 saturated carbocycles. The maximum Gasteiger partial charge on any atom is 0.0575 e. The average molecular weight is 153 g/mol. The Morgan fingerprint density at radius 3 is 3.00 bits per heavy atom. The van der Waals surface area contributed by atoms with Crippen LogP contribution in [0.5, 0.6) is 0 Å². The molecule has 2 heteroatoms. The molecule has 2 rings (SSSR count). The first-order valence-electron chi connectivity index (χ1n) is 3.85. The molecule has 0 bridgehead atoms. The van der Waals surface area contributed by atoms with Crippen molar-refractivity contribution in [1.82, 2.24) is 4.37 Å². The quantitative estimate of drug-likeness (QED) is 0.636. The van der Waals surface area contributed by atoms with Gasteiger partial charge in [0.05, 0.1) is 5.69 Å². The number of nitrogens with zero attached hydrogens (tertiary/aromatic N) is 1. The van der Waals surface area contributed by atoms with E-state index in [1.54, 1.807) is 11.5 Å². The topological polar surface area (TPSA) is 12.9 Å². The van der Waals surface area contributed by atoms with Gasteiger partial charge in [0.25, 0.3) is 0 Å². The fraction of sp³-hybridized carbons (Fsp3) is 0.625. The van der Waals surface area contributed by atoms with Crippen LogP contribution in [-0.4, -0.2) is 4.37 Å². The minimum absolute atomic E-state index is 0.830. The van der Waals surface area contributed by atoms with Crippen molar-refractivity contribution in [3.63, 3.8) is 0 Å². The second-order valence-electron chi connectivity index (χ2n) is 2.85. The van der Waals surface area contributed by atoms with Crippen molar-refractivity contribution in [3.8, 4) is 0 Å². The molecule has 1 nitrogen and oxygen atoms in total. The summed E-state index contributed by atoms with van der Waals surface area (Å²) in [5.74, 6) is 0.830. The molecule has 0 radical (unpaired) electrons. The third-order valence-corrected chi connectivity index (χ3v) is 2.86. The first-order chi connectivity index (χ1) is 4.90. The second kappa shape index (κ2) is 2.35. The van der Waals surface area contributed by atoms with Crippen LogP contribution in [0, 0.1) is 0 Å². The molecule has 0 unspecified atom stereocenters. The van der Waals surface area contributed by atoms with E-state index in [2.05, 4.69) is 17.4 Å². The Labute approximate surface area is 65.3 Å². The zero-order valence-corrected chi connectivity index (χ0v) is 6.95. The molecule has 1 aliphatic rings. The van der Waals surface area contributed by atoms with Gasteiger partial charge in [0.15, 0.2) is 0 Å². The van der Waals surface area contributed by atoms with E-state index in [4.69, 9.17) is 0 Å². The van der Waals surface area contributed by atoms with Crippen LogP contribution in [0.1, 0.15) is 36.3 Å². The Morgan fingerprint density at radius 1 is 1.70 bits per heavy atom. The lowest BCUT2D eigenvalue weighted by atomic mass is 10.2. The highest BCUT2D eigenvalue weighted by atomic mass is 32.1. The summed E-state index contributed by atoms with van der Waals surface area (Å²) in [5, 5.41) is 0. The Bertz CT molecular complexity index is 225. The van der Waals surface area contributed by atoms with Crippen molar-refractivity contribution in [2.24, 2.45) is 0 Å². The van der Waals surface area contributed by atoms with Gasteiger partial charge in [-0.25, -0.2) is 0 Å². The summed E-state index contributed by atoms with van der Waals surface area (Å²) in [4.78, 5) is 1.43. The minimum Gasteiger partial charge on any atom is -0.197 e. The standard InChI is InChI=1S/C8H11NS/c1-2-7-5-8(9-10-7)6-3-4-6/h5-6H,2-4H2,1H3. The molecule has 1 aromatic heterocycles. The van der Waals surface area contributed by atoms with E-state index in [0.29, 0.717) is 0 Å². The van der Waals surface area contributed by atoms with Gasteiger partial charge >= 0.3 is 0 Å². The normalized spacial score (nSPS) is 17.7. The van der Waals surface area contributed by atoms with Gasteiger partial charge in [-0.2, -0.15) is 4.37 Å². The van der Waals surface area contributed by atoms with Gasteiger partial charge in [0.1, 0.15) is 0 Å². The van der Waals surface area contributed by atoms with Gasteiger partial charge < -0.3 is 0 Å². The number of aromatic nitrogens is 1. The molecule has 1 heterocycles. The lowest BCUT2D eigenvalue weighted by molar-refractivity contribution is 1.07. The van der Waals surface area contributed by atoms with Crippen LogP contribution in [0.25, 0.3) is 0 Å². The van der Waals surface area contributed by atoms with Crippen molar-refractivity contribution < 1.29 is 0 Å². The predicted molar refractivity (Wildman–Crippen MR) is 43.5 cm³/mol. The predicted octanol–water partition coefficient (Wildman–Crippen LogP) is 2.58. The largest absolute Gasteiger partial charge is 0.197 e. The van der Waals surface area contributed by atoms with Gasteiger partial charge in [0, 0.05) is 10.8 Å². The molecule has 0 atom stereocenters. The van der Waals surface area contributed by atoms with Gasteiger partial charge in [-0.1, -0.05) is 6.92 Å². The first-order valence-corrected chi connectivity index (χ1v) is 4.63. The number of rotatable bonds is 2. The molecule has 0 aromatic carbocycles. The van der Waals surface area contributed by atoms with Crippen LogP contribution in [0.3, 0.4) is 0 Å². The van der Waals surface area contributed by atoms with Gasteiger partial charge in [-0.05, 0) is 36.9 Å². The van der Waals surface area contributed by atoms with E-state index >= 15 is 0 Å². The van der Waals surface area contributed by atoms with E-state index in [1.807, 2.05) is 0 Å². The van der Waals surface area contributed by atoms with Gasteiger partial charge in [-0.15, -0.1) is 0 Å². The van der Waals surface area contributed by atoms with Crippen LogP contribution < -0.4 is 0 Å². The Kier molecular flexibility index (Phi) is 1.49. The molecule has 1 aromatic rings. The molecule has 0 spiro atoms. The van der Waals surface area contributed by atoms with E-state index in [1.165, 1.54) is 23.4 Å². The lowest BCUT2D eigenvalue weighted by Crippen LogP contribution is -1.74. The first kappa shape index (κ1) is 6.35. The zero-order valence-electron chi connectivity index (χ0n) is 6.13. The second-order valence-corrected chi connectivity index (χ2v) is 3.74. The maximum absolute atomic E-state index is 4.39. The molecule has 0 N–H and O–H groups in total. The molecule has 1 aliphatic carbocycles. The van der Waals surface area contributed by atoms with Crippen LogP contribution in [0.4, 0.5) is 0 Å². The minimum atomic E-state index is 0.830. The van der Waals surface area contributed by atoms with E-state index in [-0.39, 0.29) is 0 Å². The summed E-state index contributed by atoms with van der Waals surface area (Å²) in [7, 11) is 0. The number of hydrogen-bond donors (Lipinski definition) is 0. The maximum atomic E-state index is 4.39. The fourth-order valence-electron chi connectivity index (χ4n) is 1.07. The number of hydrogen-bond acceptors (Lipinski definition) is 2. The van der Waals surface area contributed by atoms with E-state index in [0.717, 1.165) is 12.3 Å². The van der Waals surface area contributed by atoms with Crippen molar-refractivity contribution in [1.29, 1.82) is 0 Å². The van der Waals surface area contributed by atoms with Crippen molar-refractivity contribution in [2.45, 2.75) is 32.1 Å². The highest BCUT2D eigenvalue weighted by Crippen LogP contribution is 2.40. The summed E-state index contributed by atoms with van der Waals surface area (Å²) in [6.45, 7) is 2.18. The number of aryl methyl sites for hydroxylation is 1. The summed E-state index contributed by atoms with van der Waals surface area (Å²) in [5.41, 5.74) is 1.35. The molecule has 0 amide bonds. The highest BCUT2D eigenvalue weighted by molar-refractivity contribution is 7.05. The smallest absolute Gasteiger partial charge is 0.0575 e. The Morgan fingerprint density at radius 2 is 2.50 bits per heavy atom. The summed E-state index contributed by atoms with van der Waals surface area (Å²) >= 11 is 1.67. The van der Waals surface area contributed by atoms with Crippen molar-refractivity contribution >= 4 is 11.5 Å². The van der Waals surface area contributed by atoms with Crippen LogP contribution in [0.2, 0.25) is 0 Å². The zero-order chi connectivity index (χ0) is 6.97. The van der Waals surface area contributed by atoms with Gasteiger partial charge in [-0.3, -0.25) is 0 Å². The average Bonchev–Trinajstić information content (AvgIpc) is 2.70. The van der Waals surface area contributed by atoms with Gasteiger partial charge in [0.2, 0.25) is 0 Å². The van der Waals surface area contributed by atoms with Crippen molar-refractivity contribution in [2.75, 3.05) is 0 Å². The van der Waals surface area contributed by atoms with Crippen molar-refractivity contribution in [3.05, 3.63) is 16.6 Å². The Hall–Kier alpha value is -0.370. The molecular formula is C8H11NS. The summed E-state index contributed by atoms with van der Waals surface area (Å²) in [6, 6.07) is 2.27. The lowest BCUT2D eigenvalue weighted by Gasteiger charge is -1.83. The van der Waals surface area contributed by atoms with Crippen LogP contribution >= 0.6 is 11.5 Å². The molecular weight excluding hydrogens is 142 g/mol. The third-order valence-electron chi connectivity index (χ3n) is 1.92. The fourth-order valence-corrected chi connectivity index (χ4v) is 1.79. The molecule has 0 saturated heterocycles. The Balaban J connectivity index is 2.19. The third kappa shape index (κ3) is 1.08.